The third kappa shape index (κ3) is 5.78. The van der Waals surface area contributed by atoms with Crippen LogP contribution in [0, 0.1) is 13.8 Å². The molecular weight excluding hydrogens is 602 g/mol. The van der Waals surface area contributed by atoms with E-state index in [0.717, 1.165) is 61.2 Å². The molecule has 0 aliphatic carbocycles. The van der Waals surface area contributed by atoms with Crippen molar-refractivity contribution in [2.24, 2.45) is 0 Å². The van der Waals surface area contributed by atoms with E-state index < -0.39 is 17.3 Å². The Kier molecular flexibility index (Phi) is 7.75. The number of pyridine rings is 2. The molecule has 0 atom stereocenters. The van der Waals surface area contributed by atoms with Gasteiger partial charge in [-0.05, 0) is 0 Å². The maximum absolute atomic E-state index is 7.04. The van der Waals surface area contributed by atoms with Crippen molar-refractivity contribution in [1.29, 1.82) is 0 Å². The Hall–Kier alpha value is -5.04. The first-order chi connectivity index (χ1) is 21.6. The summed E-state index contributed by atoms with van der Waals surface area (Å²) in [5, 5.41) is 1.98. The monoisotopic (exact) mass is 630 g/mol. The van der Waals surface area contributed by atoms with Crippen LogP contribution in [0.4, 0.5) is 0 Å². The average Bonchev–Trinajstić information content (AvgIpc) is 3.06. The quantitative estimate of drug-likeness (QED) is 0.157. The zero-order valence-corrected chi connectivity index (χ0v) is 26.9. The minimum absolute atomic E-state index is 0.638. The summed E-state index contributed by atoms with van der Waals surface area (Å²) in [6.07, 6.45) is 0. The fourth-order valence-corrected chi connectivity index (χ4v) is 8.26. The molecule has 44 heavy (non-hydrogen) atoms. The summed E-state index contributed by atoms with van der Waals surface area (Å²) in [5.74, 6) is 2.00. The fraction of sp³-hybridized carbons (Fsp3) is 0.0526. The number of nitrogens with zero attached hydrogens (tertiary/aromatic N) is 2. The summed E-state index contributed by atoms with van der Waals surface area (Å²) in [6, 6.07) is 46.8. The summed E-state index contributed by atoms with van der Waals surface area (Å²) < 4.78 is 20.6. The summed E-state index contributed by atoms with van der Waals surface area (Å²) >= 11 is -3.70. The zero-order chi connectivity index (χ0) is 29.9. The van der Waals surface area contributed by atoms with E-state index in [1.165, 1.54) is 0 Å². The van der Waals surface area contributed by atoms with Crippen molar-refractivity contribution in [2.45, 2.75) is 13.8 Å². The van der Waals surface area contributed by atoms with Gasteiger partial charge in [-0.3, -0.25) is 0 Å². The average molecular weight is 631 g/mol. The second-order valence-corrected chi connectivity index (χ2v) is 13.3. The van der Waals surface area contributed by atoms with Crippen LogP contribution >= 0.6 is 0 Å². The van der Waals surface area contributed by atoms with Gasteiger partial charge in [0, 0.05) is 0 Å². The number of para-hydroxylation sites is 3. The Labute approximate surface area is 263 Å². The number of rotatable bonds is 8. The summed E-state index contributed by atoms with van der Waals surface area (Å²) in [5.41, 5.74) is 7.41. The van der Waals surface area contributed by atoms with Crippen LogP contribution in [-0.2, 0) is 0 Å². The van der Waals surface area contributed by atoms with Crippen molar-refractivity contribution >= 4 is 39.1 Å². The van der Waals surface area contributed by atoms with Crippen LogP contribution in [-0.4, -0.2) is 27.3 Å². The van der Waals surface area contributed by atoms with Crippen LogP contribution in [0.5, 0.6) is 17.2 Å². The first-order valence-electron chi connectivity index (χ1n) is 14.6. The van der Waals surface area contributed by atoms with Crippen molar-refractivity contribution in [2.75, 3.05) is 0 Å². The molecule has 0 aliphatic heterocycles. The number of hydrogen-bond acceptors (Lipinski definition) is 5. The molecule has 7 aromatic rings. The predicted octanol–water partition coefficient (Wildman–Crippen LogP) is 9.26. The summed E-state index contributed by atoms with van der Waals surface area (Å²) in [4.78, 5) is 9.63. The van der Waals surface area contributed by atoms with E-state index in [4.69, 9.17) is 20.6 Å². The summed E-state index contributed by atoms with van der Waals surface area (Å²) in [6.45, 7) is 3.96. The van der Waals surface area contributed by atoms with Gasteiger partial charge in [0.15, 0.2) is 0 Å². The molecule has 0 saturated carbocycles. The Balaban J connectivity index is 1.39. The SMILES string of the molecule is Cc1ccc2cccc([O][Ga]([O]c3c(-c4ccccc4)cccc3-c3ccccc3)[O]c3cccc4ccc(C)nc34)c2n1. The molecule has 2 heterocycles. The van der Waals surface area contributed by atoms with Gasteiger partial charge in [-0.25, -0.2) is 0 Å². The van der Waals surface area contributed by atoms with Crippen LogP contribution in [0.15, 0.2) is 140 Å². The number of aromatic nitrogens is 2. The number of benzene rings is 5. The van der Waals surface area contributed by atoms with Gasteiger partial charge in [-0.2, -0.15) is 0 Å². The minimum atomic E-state index is -3.70. The van der Waals surface area contributed by atoms with Crippen LogP contribution < -0.4 is 10.6 Å². The molecule has 5 aromatic carbocycles. The van der Waals surface area contributed by atoms with Crippen molar-refractivity contribution in [3.63, 3.8) is 0 Å². The molecular formula is C38H29GaN2O3. The van der Waals surface area contributed by atoms with E-state index in [9.17, 15) is 0 Å². The van der Waals surface area contributed by atoms with E-state index in [1.54, 1.807) is 0 Å². The van der Waals surface area contributed by atoms with Gasteiger partial charge in [0.05, 0.1) is 0 Å². The molecule has 0 aliphatic rings. The van der Waals surface area contributed by atoms with Gasteiger partial charge in [-0.1, -0.05) is 0 Å². The Bertz CT molecular complexity index is 1940. The first kappa shape index (κ1) is 27.8. The standard InChI is InChI=1S/C18H14O.2C10H9NO.Ga/c19-18-16(14-8-3-1-4-9-14)12-7-13-17(18)15-10-5-2-6-11-15;2*1-7-5-6-8-3-2-4-9(12)10(8)11-7;/h1-13,19H;2*2-6,12H,1H3;/q;;;+3/p-3. The van der Waals surface area contributed by atoms with E-state index in [2.05, 4.69) is 54.6 Å². The normalized spacial score (nSPS) is 11.0. The Morgan fingerprint density at radius 1 is 0.432 bits per heavy atom. The molecule has 0 saturated heterocycles. The molecule has 0 unspecified atom stereocenters. The first-order valence-corrected chi connectivity index (χ1v) is 17.6. The third-order valence-corrected chi connectivity index (χ3v) is 10.3. The van der Waals surface area contributed by atoms with Crippen molar-refractivity contribution in [3.8, 4) is 39.5 Å². The van der Waals surface area contributed by atoms with Gasteiger partial charge >= 0.3 is 264 Å². The Morgan fingerprint density at radius 2 is 0.886 bits per heavy atom. The van der Waals surface area contributed by atoms with E-state index in [1.807, 2.05) is 98.8 Å². The second kappa shape index (κ2) is 12.3. The van der Waals surface area contributed by atoms with Crippen LogP contribution in [0.2, 0.25) is 0 Å². The van der Waals surface area contributed by atoms with Crippen molar-refractivity contribution in [1.82, 2.24) is 9.97 Å². The van der Waals surface area contributed by atoms with Crippen LogP contribution in [0.1, 0.15) is 11.4 Å². The number of hydrogen-bond donors (Lipinski definition) is 0. The number of aryl methyl sites for hydroxylation is 2. The van der Waals surface area contributed by atoms with Crippen LogP contribution in [0.3, 0.4) is 0 Å². The molecule has 5 nitrogen and oxygen atoms in total. The number of fused-ring (bicyclic) bond motifs is 2. The maximum atomic E-state index is 7.04. The molecule has 0 amide bonds. The van der Waals surface area contributed by atoms with Gasteiger partial charge < -0.3 is 0 Å². The third-order valence-electron chi connectivity index (χ3n) is 7.49. The molecule has 0 N–H and O–H groups in total. The molecule has 6 heteroatoms. The molecule has 2 aromatic heterocycles. The zero-order valence-electron chi connectivity index (χ0n) is 24.5. The van der Waals surface area contributed by atoms with Gasteiger partial charge in [0.2, 0.25) is 0 Å². The molecule has 7 rings (SSSR count). The van der Waals surface area contributed by atoms with Gasteiger partial charge in [-0.15, -0.1) is 0 Å². The fourth-order valence-electron chi connectivity index (χ4n) is 5.35. The van der Waals surface area contributed by atoms with Crippen molar-refractivity contribution in [3.05, 3.63) is 151 Å². The molecule has 0 spiro atoms. The molecule has 0 bridgehead atoms. The predicted molar refractivity (Wildman–Crippen MR) is 178 cm³/mol. The van der Waals surface area contributed by atoms with E-state index >= 15 is 0 Å². The Morgan fingerprint density at radius 3 is 1.36 bits per heavy atom. The van der Waals surface area contributed by atoms with Crippen LogP contribution in [0.25, 0.3) is 44.1 Å². The molecule has 0 radical (unpaired) electrons. The molecule has 212 valence electrons. The van der Waals surface area contributed by atoms with Gasteiger partial charge in [0.1, 0.15) is 0 Å². The van der Waals surface area contributed by atoms with E-state index in [0.29, 0.717) is 11.5 Å². The van der Waals surface area contributed by atoms with Gasteiger partial charge in [0.25, 0.3) is 0 Å². The molecule has 0 fully saturated rings. The van der Waals surface area contributed by atoms with Crippen molar-refractivity contribution < 1.29 is 10.6 Å². The summed E-state index contributed by atoms with van der Waals surface area (Å²) in [7, 11) is 0. The topological polar surface area (TPSA) is 53.5 Å². The second-order valence-electron chi connectivity index (χ2n) is 10.6. The van der Waals surface area contributed by atoms with E-state index in [-0.39, 0.29) is 0 Å².